The molecule has 0 saturated heterocycles. The van der Waals surface area contributed by atoms with Crippen LogP contribution < -0.4 is 0 Å². The minimum absolute atomic E-state index is 0. The molecule has 0 spiro atoms. The van der Waals surface area contributed by atoms with Gasteiger partial charge in [-0.2, -0.15) is 0 Å². The van der Waals surface area contributed by atoms with Crippen molar-refractivity contribution in [2.75, 3.05) is 13.2 Å². The maximum Gasteiger partial charge on any atom is 0.211 e. The van der Waals surface area contributed by atoms with Gasteiger partial charge in [0.2, 0.25) is 11.4 Å². The predicted octanol–water partition coefficient (Wildman–Crippen LogP) is 14.6. The molecule has 0 saturated carbocycles. The first-order valence-corrected chi connectivity index (χ1v) is 23.1. The second kappa shape index (κ2) is 36.1. The van der Waals surface area contributed by atoms with Gasteiger partial charge < -0.3 is 15.7 Å². The zero-order valence-corrected chi connectivity index (χ0v) is 39.8. The fourth-order valence-electron chi connectivity index (χ4n) is 7.24. The molecule has 0 bridgehead atoms. The van der Waals surface area contributed by atoms with Gasteiger partial charge in [0, 0.05) is 81.6 Å². The molecule has 3 rings (SSSR count). The van der Waals surface area contributed by atoms with Gasteiger partial charge in [0.15, 0.2) is 0 Å². The molecule has 0 radical (unpaired) electrons. The van der Waals surface area contributed by atoms with E-state index < -0.39 is 0 Å². The molecule has 2 aromatic carbocycles. The van der Waals surface area contributed by atoms with E-state index in [1.165, 1.54) is 122 Å². The van der Waals surface area contributed by atoms with Crippen molar-refractivity contribution >= 4 is 11.4 Å². The van der Waals surface area contributed by atoms with Gasteiger partial charge in [-0.15, -0.1) is 23.7 Å². The number of hydrogen-bond acceptors (Lipinski definition) is 2. The fourth-order valence-corrected chi connectivity index (χ4v) is 7.24. The maximum atomic E-state index is 12.5. The number of aryl methyl sites for hydroxylation is 4. The first-order chi connectivity index (χ1) is 27.8. The van der Waals surface area contributed by atoms with Gasteiger partial charge in [0.25, 0.3) is 0 Å². The van der Waals surface area contributed by atoms with Crippen molar-refractivity contribution in [2.24, 2.45) is 0 Å². The molecule has 326 valence electrons. The summed E-state index contributed by atoms with van der Waals surface area (Å²) in [7, 11) is 0. The Morgan fingerprint density at radius 3 is 1.28 bits per heavy atom. The van der Waals surface area contributed by atoms with Crippen LogP contribution >= 0.6 is 0 Å². The molecule has 0 atom stereocenters. The normalized spacial score (nSPS) is 11.8. The summed E-state index contributed by atoms with van der Waals surface area (Å²) in [6.07, 6.45) is 25.5. The Hall–Kier alpha value is -2.78. The first-order valence-electron chi connectivity index (χ1n) is 23.1. The van der Waals surface area contributed by atoms with Crippen LogP contribution in [-0.2, 0) is 46.1 Å². The summed E-state index contributed by atoms with van der Waals surface area (Å²) in [6.45, 7) is 17.4. The third-order valence-corrected chi connectivity index (χ3v) is 10.4. The van der Waals surface area contributed by atoms with Crippen molar-refractivity contribution in [3.63, 3.8) is 0 Å². The Morgan fingerprint density at radius 2 is 0.862 bits per heavy atom. The van der Waals surface area contributed by atoms with Crippen LogP contribution in [0.25, 0.3) is 16.9 Å². The molecule has 1 aliphatic rings. The van der Waals surface area contributed by atoms with Crippen molar-refractivity contribution in [3.8, 4) is 23.7 Å². The number of unbranched alkanes of at least 4 members (excludes halogenated alkanes) is 11. The van der Waals surface area contributed by atoms with Crippen LogP contribution in [-0.4, -0.2) is 28.1 Å². The third-order valence-electron chi connectivity index (χ3n) is 10.4. The molecule has 1 aliphatic heterocycles. The zero-order chi connectivity index (χ0) is 42.1. The summed E-state index contributed by atoms with van der Waals surface area (Å²) >= 11 is 0. The van der Waals surface area contributed by atoms with E-state index in [1.807, 2.05) is 0 Å². The molecule has 0 aliphatic carbocycles. The molecule has 0 fully saturated rings. The molecule has 2 aromatic rings. The Bertz CT molecular complexity index is 1610. The minimum Gasteiger partial charge on any atom is -0.493 e. The van der Waals surface area contributed by atoms with Crippen LogP contribution in [0.5, 0.6) is 0 Å². The average molecular weight is 886 g/mol. The van der Waals surface area contributed by atoms with Gasteiger partial charge in [0.1, 0.15) is 0 Å². The number of aliphatic hydroxyl groups excluding tert-OH is 2. The minimum atomic E-state index is 0. The van der Waals surface area contributed by atoms with Gasteiger partial charge >= 0.3 is 0 Å². The Labute approximate surface area is 371 Å². The summed E-state index contributed by atoms with van der Waals surface area (Å²) in [5, 5.41) is 15.1. The van der Waals surface area contributed by atoms with E-state index in [1.54, 1.807) is 18.5 Å². The number of hydrogen-bond donors (Lipinski definition) is 2. The van der Waals surface area contributed by atoms with Crippen molar-refractivity contribution in [3.05, 3.63) is 86.5 Å². The summed E-state index contributed by atoms with van der Waals surface area (Å²) in [5.74, 6) is 13.8. The molecule has 4 nitrogen and oxygen atoms in total. The SMILES string of the molecule is CCCCCC#CCCc1ccc(CCCCC)cc1C1=C(C)C(CCCC)=C(c2cc(CCCCC)ccc2CCC#CCCCCC)[N+]1=[N-].CCO.CCO.[Pd]. The Balaban J connectivity index is 0.00000436. The molecular formula is C53H82N2O2Pd. The van der Waals surface area contributed by atoms with Crippen LogP contribution in [0.1, 0.15) is 211 Å². The second-order valence-corrected chi connectivity index (χ2v) is 15.4. The first kappa shape index (κ1) is 55.2. The molecule has 2 N–H and O–H groups in total. The number of benzene rings is 2. The predicted molar refractivity (Wildman–Crippen MR) is 248 cm³/mol. The van der Waals surface area contributed by atoms with E-state index in [4.69, 9.17) is 10.2 Å². The van der Waals surface area contributed by atoms with E-state index in [2.05, 4.69) is 102 Å². The van der Waals surface area contributed by atoms with Crippen LogP contribution in [0.2, 0.25) is 0 Å². The van der Waals surface area contributed by atoms with E-state index in [0.29, 0.717) is 0 Å². The van der Waals surface area contributed by atoms with Crippen molar-refractivity contribution in [2.45, 2.75) is 203 Å². The largest absolute Gasteiger partial charge is 0.493 e. The number of aliphatic hydroxyl groups is 2. The summed E-state index contributed by atoms with van der Waals surface area (Å²) in [5.41, 5.74) is 24.7. The van der Waals surface area contributed by atoms with E-state index in [9.17, 15) is 5.53 Å². The summed E-state index contributed by atoms with van der Waals surface area (Å²) < 4.78 is 1.59. The van der Waals surface area contributed by atoms with Crippen molar-refractivity contribution in [1.82, 2.24) is 0 Å². The van der Waals surface area contributed by atoms with Gasteiger partial charge in [-0.05, 0) is 119 Å². The molecule has 58 heavy (non-hydrogen) atoms. The molecule has 0 amide bonds. The molecule has 1 heterocycles. The van der Waals surface area contributed by atoms with Crippen LogP contribution in [0.4, 0.5) is 0 Å². The fraction of sp³-hybridized carbons (Fsp3) is 0.623. The van der Waals surface area contributed by atoms with Gasteiger partial charge in [-0.25, -0.2) is 4.70 Å². The van der Waals surface area contributed by atoms with Crippen LogP contribution in [0.15, 0.2) is 47.5 Å². The summed E-state index contributed by atoms with van der Waals surface area (Å²) in [6, 6.07) is 14.1. The molecule has 0 aromatic heterocycles. The van der Waals surface area contributed by atoms with E-state index in [0.717, 1.165) is 82.0 Å². The summed E-state index contributed by atoms with van der Waals surface area (Å²) in [4.78, 5) is 0. The van der Waals surface area contributed by atoms with Crippen molar-refractivity contribution in [1.29, 1.82) is 0 Å². The second-order valence-electron chi connectivity index (χ2n) is 15.4. The maximum absolute atomic E-state index is 12.5. The zero-order valence-electron chi connectivity index (χ0n) is 38.2. The average Bonchev–Trinajstić information content (AvgIpc) is 3.45. The Kier molecular flexibility index (Phi) is 34.4. The molecule has 0 unspecified atom stereocenters. The quantitative estimate of drug-likeness (QED) is 0.0505. The number of nitrogens with zero attached hydrogens (tertiary/aromatic N) is 2. The van der Waals surface area contributed by atoms with E-state index in [-0.39, 0.29) is 33.6 Å². The van der Waals surface area contributed by atoms with Crippen LogP contribution in [0.3, 0.4) is 0 Å². The standard InChI is InChI=1S/C49H70N2.2C2H6O.Pd/c1-7-12-17-19-21-23-27-31-43-36-34-41(29-25-14-9-3)38-46(43)48-40(6)45(33-16-11-5)49(51(48)50)47-39-42(30-26-15-10-4)35-37-44(47)32-28-24-22-20-18-13-8-2;2*1-2-3;/h34-39H,7-20,25-33H2,1-6H3;2*3H,2H2,1H3;. The topological polar surface area (TPSA) is 65.8 Å². The smallest absolute Gasteiger partial charge is 0.211 e. The van der Waals surface area contributed by atoms with Gasteiger partial charge in [0.05, 0.1) is 0 Å². The van der Waals surface area contributed by atoms with Crippen LogP contribution in [0, 0.1) is 23.7 Å². The van der Waals surface area contributed by atoms with Gasteiger partial charge in [-0.1, -0.05) is 117 Å². The molecular weight excluding hydrogens is 803 g/mol. The van der Waals surface area contributed by atoms with Crippen molar-refractivity contribution < 1.29 is 35.3 Å². The molecule has 5 heteroatoms. The Morgan fingerprint density at radius 1 is 0.483 bits per heavy atom. The third kappa shape index (κ3) is 21.0. The van der Waals surface area contributed by atoms with E-state index >= 15 is 0 Å². The number of rotatable bonds is 23. The van der Waals surface area contributed by atoms with Gasteiger partial charge in [-0.3, -0.25) is 0 Å². The number of allylic oxidation sites excluding steroid dienone is 2. The monoisotopic (exact) mass is 885 g/mol.